The van der Waals surface area contributed by atoms with Crippen LogP contribution in [-0.2, 0) is 9.59 Å². The Kier molecular flexibility index (Phi) is 10.6. The summed E-state index contributed by atoms with van der Waals surface area (Å²) in [7, 11) is 0. The third-order valence-electron chi connectivity index (χ3n) is 0.999. The molecule has 0 atom stereocenters. The van der Waals surface area contributed by atoms with Crippen molar-refractivity contribution < 1.29 is 30.0 Å². The van der Waals surface area contributed by atoms with Crippen molar-refractivity contribution in [2.75, 3.05) is 0 Å². The number of hydrogen-bond donors (Lipinski definition) is 2. The second-order valence-electron chi connectivity index (χ2n) is 3.69. The fourth-order valence-electron chi connectivity index (χ4n) is 0. The molecule has 0 aromatic heterocycles. The van der Waals surface area contributed by atoms with Crippen LogP contribution in [0.1, 0.15) is 27.7 Å². The first-order chi connectivity index (χ1) is 5.89. The molecule has 2 N–H and O–H groups in total. The van der Waals surface area contributed by atoms with Crippen LogP contribution < -0.4 is 10.2 Å². The maximum absolute atomic E-state index is 9.66. The van der Waals surface area contributed by atoms with Crippen LogP contribution in [0.2, 0.25) is 0 Å². The summed E-state index contributed by atoms with van der Waals surface area (Å²) in [6.45, 7) is 4.62. The summed E-state index contributed by atoms with van der Waals surface area (Å²) in [6, 6.07) is 0. The normalized spacial score (nSPS) is 10.5. The monoisotopic (exact) mass is 344 g/mol. The van der Waals surface area contributed by atoms with Crippen molar-refractivity contribution in [3.8, 4) is 0 Å². The van der Waals surface area contributed by atoms with Crippen LogP contribution in [0.5, 0.6) is 0 Å². The smallest absolute Gasteiger partial charge is 0.547 e. The number of carbonyl (C=O) groups excluding carboxylic acids is 2. The average molecular weight is 344 g/mol. The zero-order valence-electron chi connectivity index (χ0n) is 9.23. The van der Waals surface area contributed by atoms with Crippen LogP contribution in [0.3, 0.4) is 0 Å². The van der Waals surface area contributed by atoms with Crippen LogP contribution in [0, 0.1) is 0 Å². The van der Waals surface area contributed by atoms with E-state index < -0.39 is 23.1 Å². The minimum atomic E-state index is -1.69. The molecule has 0 saturated heterocycles. The van der Waals surface area contributed by atoms with Crippen LogP contribution in [-0.4, -0.2) is 82.2 Å². The third kappa shape index (κ3) is 14.4. The van der Waals surface area contributed by atoms with E-state index in [1.807, 2.05) is 0 Å². The first-order valence-corrected chi connectivity index (χ1v) is 3.76. The van der Waals surface area contributed by atoms with Gasteiger partial charge in [-0.25, -0.2) is 0 Å². The van der Waals surface area contributed by atoms with E-state index in [4.69, 9.17) is 10.2 Å². The van der Waals surface area contributed by atoms with Gasteiger partial charge < -0.3 is 30.0 Å². The number of hydrogen-bond acceptors (Lipinski definition) is 6. The van der Waals surface area contributed by atoms with Gasteiger partial charge in [-0.05, 0) is 27.7 Å². The maximum Gasteiger partial charge on any atom is 2.00 e. The SMILES string of the molecule is CC(C)(O)C(=O)[O-].CC(C)(O)C(=O)[O-].[Ba+2]. The maximum atomic E-state index is 9.66. The van der Waals surface area contributed by atoms with E-state index in [9.17, 15) is 19.8 Å². The van der Waals surface area contributed by atoms with E-state index in [1.54, 1.807) is 0 Å². The van der Waals surface area contributed by atoms with Gasteiger partial charge in [0.05, 0.1) is 23.1 Å². The first kappa shape index (κ1) is 20.8. The summed E-state index contributed by atoms with van der Waals surface area (Å²) < 4.78 is 0. The van der Waals surface area contributed by atoms with Gasteiger partial charge in [-0.1, -0.05) is 0 Å². The fraction of sp³-hybridized carbons (Fsp3) is 0.750. The predicted octanol–water partition coefficient (Wildman–Crippen LogP) is -3.37. The molecule has 0 aliphatic carbocycles. The third-order valence-corrected chi connectivity index (χ3v) is 0.999. The van der Waals surface area contributed by atoms with E-state index in [-0.39, 0.29) is 48.9 Å². The summed E-state index contributed by atoms with van der Waals surface area (Å²) >= 11 is 0. The summed E-state index contributed by atoms with van der Waals surface area (Å²) in [5.41, 5.74) is -3.39. The molecule has 0 unspecified atom stereocenters. The van der Waals surface area contributed by atoms with Crippen LogP contribution in [0.15, 0.2) is 0 Å². The molecule has 84 valence electrons. The van der Waals surface area contributed by atoms with Crippen molar-refractivity contribution in [1.82, 2.24) is 0 Å². The number of carboxylic acid groups (broad SMARTS) is 2. The Morgan fingerprint density at radius 2 is 0.933 bits per heavy atom. The molecule has 0 bridgehead atoms. The minimum Gasteiger partial charge on any atom is -0.547 e. The van der Waals surface area contributed by atoms with E-state index in [1.165, 1.54) is 0 Å². The van der Waals surface area contributed by atoms with Crippen molar-refractivity contribution in [1.29, 1.82) is 0 Å². The second kappa shape index (κ2) is 7.66. The van der Waals surface area contributed by atoms with Crippen LogP contribution >= 0.6 is 0 Å². The van der Waals surface area contributed by atoms with Crippen LogP contribution in [0.25, 0.3) is 0 Å². The van der Waals surface area contributed by atoms with Gasteiger partial charge in [0.1, 0.15) is 0 Å². The van der Waals surface area contributed by atoms with Crippen molar-refractivity contribution >= 4 is 60.8 Å². The molecule has 6 nitrogen and oxygen atoms in total. The number of aliphatic carboxylic acids is 2. The molecule has 0 amide bonds. The zero-order chi connectivity index (χ0) is 12.2. The molecule has 0 rings (SSSR count). The Labute approximate surface area is 128 Å². The molecule has 0 aromatic rings. The largest absolute Gasteiger partial charge is 2.00 e. The van der Waals surface area contributed by atoms with Gasteiger partial charge in [-0.2, -0.15) is 0 Å². The van der Waals surface area contributed by atoms with Crippen molar-refractivity contribution in [2.45, 2.75) is 38.9 Å². The van der Waals surface area contributed by atoms with Gasteiger partial charge in [0.2, 0.25) is 0 Å². The molecule has 0 fully saturated rings. The fourth-order valence-corrected chi connectivity index (χ4v) is 0. The van der Waals surface area contributed by atoms with Gasteiger partial charge in [0.25, 0.3) is 0 Å². The molecule has 0 heterocycles. The zero-order valence-corrected chi connectivity index (χ0v) is 13.7. The van der Waals surface area contributed by atoms with Gasteiger partial charge in [-0.15, -0.1) is 0 Å². The second-order valence-corrected chi connectivity index (χ2v) is 3.69. The van der Waals surface area contributed by atoms with Crippen molar-refractivity contribution in [3.63, 3.8) is 0 Å². The van der Waals surface area contributed by atoms with Gasteiger partial charge in [0, 0.05) is 0 Å². The van der Waals surface area contributed by atoms with Gasteiger partial charge in [0.15, 0.2) is 0 Å². The quantitative estimate of drug-likeness (QED) is 0.505. The Balaban J connectivity index is -0.000000180. The summed E-state index contributed by atoms with van der Waals surface area (Å²) in [4.78, 5) is 19.3. The first-order valence-electron chi connectivity index (χ1n) is 3.76. The number of rotatable bonds is 2. The summed E-state index contributed by atoms with van der Waals surface area (Å²) in [5.74, 6) is -2.90. The Bertz CT molecular complexity index is 188. The predicted molar refractivity (Wildman–Crippen MR) is 48.4 cm³/mol. The number of carboxylic acids is 2. The van der Waals surface area contributed by atoms with Gasteiger partial charge in [-0.3, -0.25) is 0 Å². The Morgan fingerprint density at radius 3 is 0.933 bits per heavy atom. The van der Waals surface area contributed by atoms with Crippen molar-refractivity contribution in [3.05, 3.63) is 0 Å². The number of aliphatic hydroxyl groups is 2. The molecular formula is C8H14BaO6. The average Bonchev–Trinajstić information content (AvgIpc) is 1.83. The molecular weight excluding hydrogens is 329 g/mol. The molecule has 0 aliphatic rings. The topological polar surface area (TPSA) is 121 Å². The van der Waals surface area contributed by atoms with E-state index >= 15 is 0 Å². The molecule has 0 aromatic carbocycles. The molecule has 0 radical (unpaired) electrons. The van der Waals surface area contributed by atoms with E-state index in [0.29, 0.717) is 0 Å². The molecule has 7 heteroatoms. The Hall–Kier alpha value is 0.431. The molecule has 15 heavy (non-hydrogen) atoms. The molecule has 0 spiro atoms. The van der Waals surface area contributed by atoms with E-state index in [2.05, 4.69) is 0 Å². The minimum absolute atomic E-state index is 0. The summed E-state index contributed by atoms with van der Waals surface area (Å²) in [6.07, 6.45) is 0. The standard InChI is InChI=1S/2C4H8O3.Ba/c2*1-4(2,7)3(5)6;/h2*7H,1-2H3,(H,5,6);/q;;+2/p-2. The summed E-state index contributed by atoms with van der Waals surface area (Å²) in [5, 5.41) is 36.2. The Morgan fingerprint density at radius 1 is 0.867 bits per heavy atom. The van der Waals surface area contributed by atoms with Crippen molar-refractivity contribution in [2.24, 2.45) is 0 Å². The van der Waals surface area contributed by atoms with Gasteiger partial charge >= 0.3 is 48.9 Å². The molecule has 0 aliphatic heterocycles. The number of carbonyl (C=O) groups is 2. The van der Waals surface area contributed by atoms with Crippen LogP contribution in [0.4, 0.5) is 0 Å². The molecule has 0 saturated carbocycles. The van der Waals surface area contributed by atoms with E-state index in [0.717, 1.165) is 27.7 Å².